The third-order valence-electron chi connectivity index (χ3n) is 1.28. The molecule has 0 radical (unpaired) electrons. The Morgan fingerprint density at radius 2 is 2.73 bits per heavy atom. The van der Waals surface area contributed by atoms with E-state index >= 15 is 0 Å². The Kier molecular flexibility index (Phi) is 3.02. The van der Waals surface area contributed by atoms with Crippen LogP contribution in [0.1, 0.15) is 18.7 Å². The van der Waals surface area contributed by atoms with Crippen molar-refractivity contribution in [1.82, 2.24) is 10.3 Å². The van der Waals surface area contributed by atoms with Crippen molar-refractivity contribution in [2.75, 3.05) is 6.54 Å². The maximum Gasteiger partial charge on any atom is 0.139 e. The fourth-order valence-electron chi connectivity index (χ4n) is 0.785. The summed E-state index contributed by atoms with van der Waals surface area (Å²) in [4.78, 5) is 4.04. The second-order valence-corrected chi connectivity index (χ2v) is 2.75. The van der Waals surface area contributed by atoms with Gasteiger partial charge in [-0.1, -0.05) is 6.92 Å². The maximum absolute atomic E-state index is 8.68. The molecule has 1 atom stereocenters. The summed E-state index contributed by atoms with van der Waals surface area (Å²) in [6.07, 6.45) is 0. The molecule has 0 aromatic carbocycles. The molecule has 1 N–H and O–H groups in total. The Labute approximate surface area is 69.7 Å². The van der Waals surface area contributed by atoms with Crippen molar-refractivity contribution in [1.29, 1.82) is 5.26 Å². The molecule has 4 heteroatoms. The molecule has 1 aromatic rings. The molecule has 0 aliphatic heterocycles. The second-order valence-electron chi connectivity index (χ2n) is 2.03. The molecule has 0 saturated heterocycles. The van der Waals surface area contributed by atoms with Gasteiger partial charge in [0.2, 0.25) is 0 Å². The van der Waals surface area contributed by atoms with E-state index in [1.165, 1.54) is 11.3 Å². The fraction of sp³-hybridized carbons (Fsp3) is 0.429. The predicted molar refractivity (Wildman–Crippen MR) is 44.1 cm³/mol. The van der Waals surface area contributed by atoms with Crippen LogP contribution in [0.3, 0.4) is 0 Å². The molecule has 1 aromatic heterocycles. The lowest BCUT2D eigenvalue weighted by Crippen LogP contribution is -2.19. The minimum Gasteiger partial charge on any atom is -0.297 e. The fourth-order valence-corrected chi connectivity index (χ4v) is 1.36. The first kappa shape index (κ1) is 8.18. The van der Waals surface area contributed by atoms with Gasteiger partial charge in [0.1, 0.15) is 6.04 Å². The highest BCUT2D eigenvalue weighted by Gasteiger charge is 2.09. The second kappa shape index (κ2) is 4.06. The molecule has 0 bridgehead atoms. The van der Waals surface area contributed by atoms with Crippen LogP contribution in [0.4, 0.5) is 0 Å². The normalized spacial score (nSPS) is 12.4. The number of hydrogen-bond donors (Lipinski definition) is 1. The van der Waals surface area contributed by atoms with Crippen LogP contribution in [0, 0.1) is 11.3 Å². The predicted octanol–water partition coefficient (Wildman–Crippen LogP) is 1.32. The molecule has 1 heterocycles. The van der Waals surface area contributed by atoms with Crippen LogP contribution in [0.25, 0.3) is 0 Å². The standard InChI is InChI=1S/C7H9N3S/c1-2-9-6(3-8)7-4-11-5-10-7/h4-6,9H,2H2,1H3. The highest BCUT2D eigenvalue weighted by atomic mass is 32.1. The zero-order valence-electron chi connectivity index (χ0n) is 6.24. The Morgan fingerprint density at radius 3 is 3.18 bits per heavy atom. The van der Waals surface area contributed by atoms with Gasteiger partial charge in [-0.15, -0.1) is 11.3 Å². The summed E-state index contributed by atoms with van der Waals surface area (Å²) in [5.41, 5.74) is 2.55. The van der Waals surface area contributed by atoms with Gasteiger partial charge in [0.25, 0.3) is 0 Å². The lowest BCUT2D eigenvalue weighted by Gasteiger charge is -2.04. The number of thiazole rings is 1. The van der Waals surface area contributed by atoms with Crippen LogP contribution < -0.4 is 5.32 Å². The van der Waals surface area contributed by atoms with Crippen molar-refractivity contribution >= 4 is 11.3 Å². The minimum atomic E-state index is -0.244. The lowest BCUT2D eigenvalue weighted by molar-refractivity contribution is 0.646. The van der Waals surface area contributed by atoms with Crippen molar-refractivity contribution in [3.8, 4) is 6.07 Å². The van der Waals surface area contributed by atoms with Crippen molar-refractivity contribution in [3.05, 3.63) is 16.6 Å². The summed E-state index contributed by atoms with van der Waals surface area (Å²) in [5, 5.41) is 13.6. The SMILES string of the molecule is CCNC(C#N)c1cscn1. The smallest absolute Gasteiger partial charge is 0.139 e. The largest absolute Gasteiger partial charge is 0.297 e. The minimum absolute atomic E-state index is 0.244. The number of hydrogen-bond acceptors (Lipinski definition) is 4. The van der Waals surface area contributed by atoms with Crippen LogP contribution in [-0.2, 0) is 0 Å². The van der Waals surface area contributed by atoms with Crippen molar-refractivity contribution in [2.45, 2.75) is 13.0 Å². The molecule has 0 fully saturated rings. The Balaban J connectivity index is 2.65. The molecule has 1 unspecified atom stereocenters. The van der Waals surface area contributed by atoms with E-state index < -0.39 is 0 Å². The van der Waals surface area contributed by atoms with E-state index in [2.05, 4.69) is 16.4 Å². The molecule has 0 aliphatic rings. The van der Waals surface area contributed by atoms with Crippen molar-refractivity contribution < 1.29 is 0 Å². The van der Waals surface area contributed by atoms with Gasteiger partial charge in [0, 0.05) is 5.38 Å². The van der Waals surface area contributed by atoms with Gasteiger partial charge >= 0.3 is 0 Å². The molecule has 0 saturated carbocycles. The Bertz CT molecular complexity index is 237. The average Bonchev–Trinajstić information content (AvgIpc) is 2.52. The number of nitrogens with one attached hydrogen (secondary N) is 1. The molecule has 0 spiro atoms. The average molecular weight is 167 g/mol. The molecule has 0 aliphatic carbocycles. The summed E-state index contributed by atoms with van der Waals surface area (Å²) >= 11 is 1.51. The Hall–Kier alpha value is -0.920. The lowest BCUT2D eigenvalue weighted by atomic mass is 10.2. The molecular formula is C7H9N3S. The van der Waals surface area contributed by atoms with Gasteiger partial charge < -0.3 is 0 Å². The highest BCUT2D eigenvalue weighted by Crippen LogP contribution is 2.10. The number of nitrogens with zero attached hydrogens (tertiary/aromatic N) is 2. The summed E-state index contributed by atoms with van der Waals surface area (Å²) in [6, 6.07) is 1.89. The monoisotopic (exact) mass is 167 g/mol. The van der Waals surface area contributed by atoms with E-state index in [9.17, 15) is 0 Å². The number of nitriles is 1. The number of rotatable bonds is 3. The van der Waals surface area contributed by atoms with Crippen LogP contribution >= 0.6 is 11.3 Å². The molecule has 1 rings (SSSR count). The Morgan fingerprint density at radius 1 is 1.91 bits per heavy atom. The molecule has 11 heavy (non-hydrogen) atoms. The maximum atomic E-state index is 8.68. The van der Waals surface area contributed by atoms with E-state index in [1.54, 1.807) is 5.51 Å². The first-order chi connectivity index (χ1) is 5.38. The van der Waals surface area contributed by atoms with Crippen LogP contribution in [-0.4, -0.2) is 11.5 Å². The van der Waals surface area contributed by atoms with Crippen LogP contribution in [0.15, 0.2) is 10.9 Å². The summed E-state index contributed by atoms with van der Waals surface area (Å²) in [5.74, 6) is 0. The van der Waals surface area contributed by atoms with Gasteiger partial charge in [-0.05, 0) is 6.54 Å². The molecule has 0 amide bonds. The third-order valence-corrected chi connectivity index (χ3v) is 1.89. The molecule has 58 valence electrons. The van der Waals surface area contributed by atoms with Gasteiger partial charge in [-0.25, -0.2) is 4.98 Å². The zero-order chi connectivity index (χ0) is 8.10. The first-order valence-electron chi connectivity index (χ1n) is 3.39. The van der Waals surface area contributed by atoms with Gasteiger partial charge in [0.05, 0.1) is 17.3 Å². The van der Waals surface area contributed by atoms with Gasteiger partial charge in [0.15, 0.2) is 0 Å². The van der Waals surface area contributed by atoms with E-state index in [0.717, 1.165) is 12.2 Å². The third kappa shape index (κ3) is 2.00. The zero-order valence-corrected chi connectivity index (χ0v) is 7.06. The van der Waals surface area contributed by atoms with Crippen molar-refractivity contribution in [2.24, 2.45) is 0 Å². The van der Waals surface area contributed by atoms with Crippen LogP contribution in [0.5, 0.6) is 0 Å². The van der Waals surface area contributed by atoms with E-state index in [0.29, 0.717) is 0 Å². The quantitative estimate of drug-likeness (QED) is 0.738. The highest BCUT2D eigenvalue weighted by molar-refractivity contribution is 7.07. The summed E-state index contributed by atoms with van der Waals surface area (Å²) in [7, 11) is 0. The first-order valence-corrected chi connectivity index (χ1v) is 4.33. The molecular weight excluding hydrogens is 158 g/mol. The number of aromatic nitrogens is 1. The summed E-state index contributed by atoms with van der Waals surface area (Å²) in [6.45, 7) is 2.76. The summed E-state index contributed by atoms with van der Waals surface area (Å²) < 4.78 is 0. The van der Waals surface area contributed by atoms with Gasteiger partial charge in [-0.2, -0.15) is 5.26 Å². The van der Waals surface area contributed by atoms with E-state index in [4.69, 9.17) is 5.26 Å². The van der Waals surface area contributed by atoms with E-state index in [1.807, 2.05) is 12.3 Å². The van der Waals surface area contributed by atoms with Gasteiger partial charge in [-0.3, -0.25) is 5.32 Å². The van der Waals surface area contributed by atoms with Crippen LogP contribution in [0.2, 0.25) is 0 Å². The van der Waals surface area contributed by atoms with E-state index in [-0.39, 0.29) is 6.04 Å². The topological polar surface area (TPSA) is 48.7 Å². The van der Waals surface area contributed by atoms with Crippen molar-refractivity contribution in [3.63, 3.8) is 0 Å². The molecule has 3 nitrogen and oxygen atoms in total.